The van der Waals surface area contributed by atoms with E-state index in [1.54, 1.807) is 11.3 Å². The summed E-state index contributed by atoms with van der Waals surface area (Å²) < 4.78 is 0. The molecule has 1 atom stereocenters. The second-order valence-corrected chi connectivity index (χ2v) is 5.10. The molecule has 0 aliphatic carbocycles. The molecule has 1 aliphatic heterocycles. The maximum Gasteiger partial charge on any atom is 0.0974 e. The van der Waals surface area contributed by atoms with Gasteiger partial charge in [0.2, 0.25) is 0 Å². The molecule has 18 heavy (non-hydrogen) atoms. The van der Waals surface area contributed by atoms with E-state index >= 15 is 0 Å². The maximum atomic E-state index is 4.50. The smallest absolute Gasteiger partial charge is 0.0974 e. The van der Waals surface area contributed by atoms with Crippen LogP contribution in [0.2, 0.25) is 0 Å². The van der Waals surface area contributed by atoms with E-state index in [-0.39, 0.29) is 0 Å². The SMILES string of the molecule is c1ccc([C@H](CC2=NCCN2)c2ccsc2)nc1. The monoisotopic (exact) mass is 257 g/mol. The summed E-state index contributed by atoms with van der Waals surface area (Å²) in [6.07, 6.45) is 2.77. The summed E-state index contributed by atoms with van der Waals surface area (Å²) in [7, 11) is 0. The molecular formula is C14H15N3S. The molecule has 4 heteroatoms. The van der Waals surface area contributed by atoms with Crippen LogP contribution in [-0.2, 0) is 0 Å². The highest BCUT2D eigenvalue weighted by molar-refractivity contribution is 7.08. The third-order valence-corrected chi connectivity index (χ3v) is 3.83. The molecule has 0 spiro atoms. The standard InChI is InChI=1S/C14H15N3S/c1-2-5-15-13(3-1)12(11-4-8-18-10-11)9-14-16-6-7-17-14/h1-5,8,10,12H,6-7,9H2,(H,16,17)/t12-/m1/s1. The second-order valence-electron chi connectivity index (χ2n) is 4.32. The van der Waals surface area contributed by atoms with Crippen molar-refractivity contribution in [3.05, 3.63) is 52.5 Å². The molecule has 3 rings (SSSR count). The highest BCUT2D eigenvalue weighted by Crippen LogP contribution is 2.28. The highest BCUT2D eigenvalue weighted by Gasteiger charge is 2.19. The Kier molecular flexibility index (Phi) is 3.37. The molecular weight excluding hydrogens is 242 g/mol. The predicted molar refractivity (Wildman–Crippen MR) is 75.3 cm³/mol. The number of hydrogen-bond acceptors (Lipinski definition) is 4. The summed E-state index contributed by atoms with van der Waals surface area (Å²) in [6, 6.07) is 8.28. The lowest BCUT2D eigenvalue weighted by Crippen LogP contribution is -2.21. The van der Waals surface area contributed by atoms with Crippen molar-refractivity contribution in [1.82, 2.24) is 10.3 Å². The van der Waals surface area contributed by atoms with Crippen molar-refractivity contribution in [3.63, 3.8) is 0 Å². The van der Waals surface area contributed by atoms with Gasteiger partial charge in [0, 0.05) is 30.8 Å². The Balaban J connectivity index is 1.89. The molecule has 2 aromatic rings. The van der Waals surface area contributed by atoms with Crippen LogP contribution in [0.3, 0.4) is 0 Å². The Hall–Kier alpha value is -1.68. The van der Waals surface area contributed by atoms with Gasteiger partial charge >= 0.3 is 0 Å². The summed E-state index contributed by atoms with van der Waals surface area (Å²) in [4.78, 5) is 8.99. The van der Waals surface area contributed by atoms with Crippen LogP contribution in [0, 0.1) is 0 Å². The molecule has 0 aromatic carbocycles. The number of nitrogens with zero attached hydrogens (tertiary/aromatic N) is 2. The lowest BCUT2D eigenvalue weighted by atomic mass is 9.94. The van der Waals surface area contributed by atoms with Crippen molar-refractivity contribution in [3.8, 4) is 0 Å². The molecule has 0 radical (unpaired) electrons. The maximum absolute atomic E-state index is 4.50. The molecule has 1 aliphatic rings. The number of thiophene rings is 1. The van der Waals surface area contributed by atoms with Crippen LogP contribution in [-0.4, -0.2) is 23.9 Å². The van der Waals surface area contributed by atoms with E-state index in [1.165, 1.54) is 5.56 Å². The van der Waals surface area contributed by atoms with Crippen molar-refractivity contribution in [2.45, 2.75) is 12.3 Å². The molecule has 2 aromatic heterocycles. The molecule has 92 valence electrons. The van der Waals surface area contributed by atoms with Gasteiger partial charge in [-0.3, -0.25) is 9.98 Å². The van der Waals surface area contributed by atoms with E-state index < -0.39 is 0 Å². The summed E-state index contributed by atoms with van der Waals surface area (Å²) in [5.41, 5.74) is 2.45. The van der Waals surface area contributed by atoms with Gasteiger partial charge in [-0.05, 0) is 34.5 Å². The van der Waals surface area contributed by atoms with E-state index in [0.717, 1.165) is 31.0 Å². The molecule has 1 N–H and O–H groups in total. The van der Waals surface area contributed by atoms with Gasteiger partial charge in [-0.1, -0.05) is 6.07 Å². The quantitative estimate of drug-likeness (QED) is 0.914. The lowest BCUT2D eigenvalue weighted by molar-refractivity contribution is 0.804. The molecule has 0 saturated heterocycles. The van der Waals surface area contributed by atoms with Crippen LogP contribution in [0.15, 0.2) is 46.2 Å². The van der Waals surface area contributed by atoms with Gasteiger partial charge in [0.15, 0.2) is 0 Å². The third-order valence-electron chi connectivity index (χ3n) is 3.13. The molecule has 0 amide bonds. The van der Waals surface area contributed by atoms with Crippen LogP contribution >= 0.6 is 11.3 Å². The van der Waals surface area contributed by atoms with Gasteiger partial charge in [-0.25, -0.2) is 0 Å². The fraction of sp³-hybridized carbons (Fsp3) is 0.286. The first-order chi connectivity index (χ1) is 8.93. The highest BCUT2D eigenvalue weighted by atomic mass is 32.1. The van der Waals surface area contributed by atoms with Gasteiger partial charge in [0.1, 0.15) is 0 Å². The zero-order valence-electron chi connectivity index (χ0n) is 10.0. The second kappa shape index (κ2) is 5.31. The zero-order chi connectivity index (χ0) is 12.2. The largest absolute Gasteiger partial charge is 0.372 e. The molecule has 0 bridgehead atoms. The van der Waals surface area contributed by atoms with Crippen LogP contribution in [0.25, 0.3) is 0 Å². The first-order valence-corrected chi connectivity index (χ1v) is 7.08. The van der Waals surface area contributed by atoms with E-state index in [2.05, 4.69) is 38.2 Å². The van der Waals surface area contributed by atoms with Crippen LogP contribution in [0.4, 0.5) is 0 Å². The topological polar surface area (TPSA) is 37.3 Å². The first kappa shape index (κ1) is 11.4. The fourth-order valence-corrected chi connectivity index (χ4v) is 2.94. The number of pyridine rings is 1. The summed E-state index contributed by atoms with van der Waals surface area (Å²) in [5.74, 6) is 1.42. The van der Waals surface area contributed by atoms with E-state index in [0.29, 0.717) is 5.92 Å². The number of hydrogen-bond donors (Lipinski definition) is 1. The Morgan fingerprint density at radius 2 is 2.33 bits per heavy atom. The number of amidine groups is 1. The Labute approximate surface area is 111 Å². The van der Waals surface area contributed by atoms with Crippen LogP contribution in [0.1, 0.15) is 23.6 Å². The van der Waals surface area contributed by atoms with Crippen molar-refractivity contribution >= 4 is 17.2 Å². The normalized spacial score (nSPS) is 16.1. The number of nitrogens with one attached hydrogen (secondary N) is 1. The molecule has 0 unspecified atom stereocenters. The first-order valence-electron chi connectivity index (χ1n) is 6.14. The Morgan fingerprint density at radius 1 is 1.33 bits per heavy atom. The van der Waals surface area contributed by atoms with Gasteiger partial charge < -0.3 is 5.32 Å². The minimum atomic E-state index is 0.307. The van der Waals surface area contributed by atoms with Gasteiger partial charge in [0.05, 0.1) is 12.4 Å². The van der Waals surface area contributed by atoms with E-state index in [4.69, 9.17) is 0 Å². The van der Waals surface area contributed by atoms with E-state index in [9.17, 15) is 0 Å². The average Bonchev–Trinajstić information content (AvgIpc) is 3.10. The van der Waals surface area contributed by atoms with Gasteiger partial charge in [-0.2, -0.15) is 11.3 Å². The van der Waals surface area contributed by atoms with Crippen molar-refractivity contribution in [2.24, 2.45) is 4.99 Å². The Morgan fingerprint density at radius 3 is 3.00 bits per heavy atom. The molecule has 3 heterocycles. The lowest BCUT2D eigenvalue weighted by Gasteiger charge is -2.15. The minimum absolute atomic E-state index is 0.307. The minimum Gasteiger partial charge on any atom is -0.372 e. The number of rotatable bonds is 4. The van der Waals surface area contributed by atoms with Crippen LogP contribution in [0.5, 0.6) is 0 Å². The zero-order valence-corrected chi connectivity index (χ0v) is 10.9. The van der Waals surface area contributed by atoms with Gasteiger partial charge in [0.25, 0.3) is 0 Å². The average molecular weight is 257 g/mol. The Bertz CT molecular complexity index is 519. The third kappa shape index (κ3) is 2.43. The van der Waals surface area contributed by atoms with Gasteiger partial charge in [-0.15, -0.1) is 0 Å². The molecule has 0 fully saturated rings. The van der Waals surface area contributed by atoms with Crippen LogP contribution < -0.4 is 5.32 Å². The summed E-state index contributed by atoms with van der Waals surface area (Å²) in [6.45, 7) is 1.86. The molecule has 0 saturated carbocycles. The summed E-state index contributed by atoms with van der Waals surface area (Å²) >= 11 is 1.73. The number of aromatic nitrogens is 1. The van der Waals surface area contributed by atoms with Crippen molar-refractivity contribution in [1.29, 1.82) is 0 Å². The van der Waals surface area contributed by atoms with Crippen molar-refractivity contribution < 1.29 is 0 Å². The predicted octanol–water partition coefficient (Wildman–Crippen LogP) is 2.67. The summed E-state index contributed by atoms with van der Waals surface area (Å²) in [5, 5.41) is 7.67. The fourth-order valence-electron chi connectivity index (χ4n) is 2.23. The number of aliphatic imine (C=N–C) groups is 1. The molecule has 3 nitrogen and oxygen atoms in total. The van der Waals surface area contributed by atoms with Crippen molar-refractivity contribution in [2.75, 3.05) is 13.1 Å². The van der Waals surface area contributed by atoms with E-state index in [1.807, 2.05) is 18.3 Å².